The minimum atomic E-state index is -0.489. The maximum absolute atomic E-state index is 12.8. The molecule has 3 aromatic rings. The van der Waals surface area contributed by atoms with Crippen molar-refractivity contribution in [2.45, 2.75) is 38.3 Å². The molecule has 2 heterocycles. The number of hydrogen-bond donors (Lipinski definition) is 4. The van der Waals surface area contributed by atoms with E-state index in [1.807, 2.05) is 0 Å². The normalized spacial score (nSPS) is 13.8. The van der Waals surface area contributed by atoms with E-state index in [2.05, 4.69) is 10.3 Å². The van der Waals surface area contributed by atoms with Gasteiger partial charge in [-0.3, -0.25) is 14.3 Å². The van der Waals surface area contributed by atoms with Crippen LogP contribution in [0, 0.1) is 0 Å². The number of rotatable bonds is 7. The molecule has 0 saturated heterocycles. The average molecular weight is 439 g/mol. The average Bonchev–Trinajstić information content (AvgIpc) is 3.39. The van der Waals surface area contributed by atoms with Crippen molar-refractivity contribution in [3.05, 3.63) is 53.9 Å². The lowest BCUT2D eigenvalue weighted by molar-refractivity contribution is 0.102. The van der Waals surface area contributed by atoms with E-state index in [4.69, 9.17) is 9.47 Å². The van der Waals surface area contributed by atoms with Gasteiger partial charge in [-0.25, -0.2) is 0 Å². The van der Waals surface area contributed by atoms with E-state index in [0.717, 1.165) is 30.3 Å². The van der Waals surface area contributed by atoms with Crippen molar-refractivity contribution >= 4 is 11.6 Å². The number of aromatic nitrogens is 2. The third-order valence-corrected chi connectivity index (χ3v) is 5.49. The molecule has 0 radical (unpaired) electrons. The van der Waals surface area contributed by atoms with E-state index in [1.165, 1.54) is 18.3 Å². The van der Waals surface area contributed by atoms with Crippen LogP contribution in [-0.2, 0) is 6.54 Å². The van der Waals surface area contributed by atoms with Gasteiger partial charge in [0.15, 0.2) is 17.4 Å². The van der Waals surface area contributed by atoms with Gasteiger partial charge in [-0.1, -0.05) is 0 Å². The second kappa shape index (κ2) is 9.09. The summed E-state index contributed by atoms with van der Waals surface area (Å²) in [6.45, 7) is -0.0812. The molecule has 1 saturated carbocycles. The number of anilines is 1. The number of nitrogens with zero attached hydrogens (tertiary/aromatic N) is 2. The van der Waals surface area contributed by atoms with Crippen LogP contribution in [0.15, 0.2) is 42.6 Å². The summed E-state index contributed by atoms with van der Waals surface area (Å²) >= 11 is 0. The highest BCUT2D eigenvalue weighted by atomic mass is 16.5. The molecule has 32 heavy (non-hydrogen) atoms. The molecule has 1 aromatic carbocycles. The van der Waals surface area contributed by atoms with Gasteiger partial charge < -0.3 is 30.1 Å². The molecule has 9 heteroatoms. The maximum atomic E-state index is 12.8. The van der Waals surface area contributed by atoms with E-state index in [9.17, 15) is 20.1 Å². The highest BCUT2D eigenvalue weighted by molar-refractivity contribution is 6.05. The molecule has 4 N–H and O–H groups in total. The Morgan fingerprint density at radius 1 is 1.16 bits per heavy atom. The minimum absolute atomic E-state index is 0.0250. The third kappa shape index (κ3) is 4.41. The Balaban J connectivity index is 1.53. The molecule has 1 aliphatic rings. The van der Waals surface area contributed by atoms with E-state index in [-0.39, 0.29) is 41.5 Å². The Morgan fingerprint density at radius 3 is 2.66 bits per heavy atom. The number of benzene rings is 1. The van der Waals surface area contributed by atoms with Gasteiger partial charge in [-0.15, -0.1) is 0 Å². The van der Waals surface area contributed by atoms with Gasteiger partial charge in [0.05, 0.1) is 19.8 Å². The lowest BCUT2D eigenvalue weighted by Crippen LogP contribution is -2.14. The number of carbonyl (C=O) groups is 1. The van der Waals surface area contributed by atoms with Crippen LogP contribution in [-0.4, -0.2) is 44.0 Å². The van der Waals surface area contributed by atoms with Crippen molar-refractivity contribution in [1.82, 2.24) is 9.55 Å². The predicted molar refractivity (Wildman–Crippen MR) is 117 cm³/mol. The molecule has 0 atom stereocenters. The lowest BCUT2D eigenvalue weighted by atomic mass is 10.1. The Morgan fingerprint density at radius 2 is 1.94 bits per heavy atom. The minimum Gasteiger partial charge on any atom is -0.506 e. The van der Waals surface area contributed by atoms with Gasteiger partial charge in [0.25, 0.3) is 5.91 Å². The highest BCUT2D eigenvalue weighted by Crippen LogP contribution is 2.35. The van der Waals surface area contributed by atoms with Gasteiger partial charge in [0, 0.05) is 17.8 Å². The third-order valence-electron chi connectivity index (χ3n) is 5.49. The number of carbonyl (C=O) groups excluding carboxylic acids is 1. The number of ether oxygens (including phenoxy) is 2. The number of nitrogens with one attached hydrogen (secondary N) is 1. The molecular weight excluding hydrogens is 414 g/mol. The summed E-state index contributed by atoms with van der Waals surface area (Å²) in [6, 6.07) is 9.11. The van der Waals surface area contributed by atoms with Gasteiger partial charge in [-0.05, 0) is 56.0 Å². The van der Waals surface area contributed by atoms with E-state index < -0.39 is 5.91 Å². The molecule has 0 bridgehead atoms. The summed E-state index contributed by atoms with van der Waals surface area (Å²) in [4.78, 5) is 16.9. The van der Waals surface area contributed by atoms with E-state index in [0.29, 0.717) is 17.1 Å². The summed E-state index contributed by atoms with van der Waals surface area (Å²) in [7, 11) is 1.54. The number of methoxy groups -OCH3 is 1. The fraction of sp³-hybridized carbons (Fsp3) is 0.304. The summed E-state index contributed by atoms with van der Waals surface area (Å²) in [5, 5.41) is 33.2. The molecule has 9 nitrogen and oxygen atoms in total. The summed E-state index contributed by atoms with van der Waals surface area (Å²) in [6.07, 6.45) is 5.75. The van der Waals surface area contributed by atoms with Gasteiger partial charge in [-0.2, -0.15) is 0 Å². The molecule has 1 aliphatic carbocycles. The second-order valence-corrected chi connectivity index (χ2v) is 7.64. The number of aromatic hydroxyl groups is 3. The molecule has 4 rings (SSSR count). The van der Waals surface area contributed by atoms with Crippen LogP contribution in [0.4, 0.5) is 5.69 Å². The first-order valence-electron chi connectivity index (χ1n) is 10.4. The van der Waals surface area contributed by atoms with Crippen LogP contribution in [0.2, 0.25) is 0 Å². The smallest absolute Gasteiger partial charge is 0.255 e. The Hall–Kier alpha value is -3.88. The van der Waals surface area contributed by atoms with Crippen molar-refractivity contribution < 1.29 is 29.6 Å². The Kier molecular flexibility index (Phi) is 6.07. The Labute approximate surface area is 184 Å². The van der Waals surface area contributed by atoms with Crippen LogP contribution >= 0.6 is 0 Å². The zero-order valence-electron chi connectivity index (χ0n) is 17.6. The Bertz CT molecular complexity index is 1120. The topological polar surface area (TPSA) is 126 Å². The van der Waals surface area contributed by atoms with Crippen molar-refractivity contribution in [2.75, 3.05) is 12.4 Å². The predicted octanol–water partition coefficient (Wildman–Crippen LogP) is 3.63. The zero-order valence-corrected chi connectivity index (χ0v) is 17.6. The first kappa shape index (κ1) is 21.4. The van der Waals surface area contributed by atoms with Crippen molar-refractivity contribution in [3.8, 4) is 29.0 Å². The molecular formula is C23H25N3O6. The van der Waals surface area contributed by atoms with Crippen molar-refractivity contribution in [1.29, 1.82) is 0 Å². The van der Waals surface area contributed by atoms with Gasteiger partial charge in [0.1, 0.15) is 17.1 Å². The zero-order chi connectivity index (χ0) is 22.7. The first-order valence-corrected chi connectivity index (χ1v) is 10.4. The largest absolute Gasteiger partial charge is 0.506 e. The molecule has 2 aromatic heterocycles. The van der Waals surface area contributed by atoms with Crippen LogP contribution in [0.3, 0.4) is 0 Å². The molecule has 168 valence electrons. The van der Waals surface area contributed by atoms with Gasteiger partial charge in [0.2, 0.25) is 5.88 Å². The van der Waals surface area contributed by atoms with Crippen molar-refractivity contribution in [3.63, 3.8) is 0 Å². The van der Waals surface area contributed by atoms with Crippen molar-refractivity contribution in [2.24, 2.45) is 0 Å². The molecule has 1 fully saturated rings. The monoisotopic (exact) mass is 439 g/mol. The second-order valence-electron chi connectivity index (χ2n) is 7.64. The van der Waals surface area contributed by atoms with Crippen LogP contribution in [0.5, 0.6) is 29.0 Å². The molecule has 1 amide bonds. The summed E-state index contributed by atoms with van der Waals surface area (Å²) < 4.78 is 12.5. The van der Waals surface area contributed by atoms with Crippen LogP contribution < -0.4 is 14.8 Å². The lowest BCUT2D eigenvalue weighted by Gasteiger charge is -2.16. The highest BCUT2D eigenvalue weighted by Gasteiger charge is 2.21. The molecule has 0 spiro atoms. The fourth-order valence-electron chi connectivity index (χ4n) is 3.76. The number of amides is 1. The first-order chi connectivity index (χ1) is 15.5. The SMILES string of the molecule is COc1ccc(C(=O)Nc2cc(O)n(Cc3ncccc3O)c2O)cc1OC1CCCC1. The van der Waals surface area contributed by atoms with E-state index in [1.54, 1.807) is 31.4 Å². The number of hydrogen-bond acceptors (Lipinski definition) is 7. The van der Waals surface area contributed by atoms with Gasteiger partial charge >= 0.3 is 0 Å². The standard InChI is InChI=1S/C23H25N3O6/c1-31-19-9-8-14(11-20(19)32-15-5-2-3-6-15)22(29)25-16-12-21(28)26(23(16)30)13-17-18(27)7-4-10-24-17/h4,7-12,15,27-28,30H,2-3,5-6,13H2,1H3,(H,25,29). The molecule has 0 aliphatic heterocycles. The maximum Gasteiger partial charge on any atom is 0.255 e. The summed E-state index contributed by atoms with van der Waals surface area (Å²) in [5.74, 6) is -0.187. The number of pyridine rings is 1. The fourth-order valence-corrected chi connectivity index (χ4v) is 3.76. The summed E-state index contributed by atoms with van der Waals surface area (Å²) in [5.41, 5.74) is 0.597. The quantitative estimate of drug-likeness (QED) is 0.443. The van der Waals surface area contributed by atoms with Crippen LogP contribution in [0.25, 0.3) is 0 Å². The van der Waals surface area contributed by atoms with E-state index >= 15 is 0 Å². The van der Waals surface area contributed by atoms with Crippen LogP contribution in [0.1, 0.15) is 41.7 Å². The molecule has 0 unspecified atom stereocenters.